The number of rotatable bonds is 4. The summed E-state index contributed by atoms with van der Waals surface area (Å²) in [6, 6.07) is 7.63. The standard InChI is InChI=1S/C18H16N6OS2/c1-10-7-11(2)24(23-10)15-8-14(19-9-20-15)22-17(25)16-12(3)21-18(27-16)13-5-4-6-26-13/h4-9H,1-3H3,(H,19,20,22,25). The highest BCUT2D eigenvalue weighted by atomic mass is 32.1. The van der Waals surface area contributed by atoms with Crippen LogP contribution in [0.1, 0.15) is 26.8 Å². The zero-order chi connectivity index (χ0) is 19.0. The molecule has 0 bridgehead atoms. The Morgan fingerprint density at radius 1 is 1.19 bits per heavy atom. The van der Waals surface area contributed by atoms with Crippen LogP contribution < -0.4 is 5.32 Å². The van der Waals surface area contributed by atoms with Gasteiger partial charge in [-0.3, -0.25) is 4.79 Å². The number of aryl methyl sites for hydroxylation is 3. The normalized spacial score (nSPS) is 10.9. The first-order valence-electron chi connectivity index (χ1n) is 8.19. The van der Waals surface area contributed by atoms with Gasteiger partial charge in [-0.2, -0.15) is 5.10 Å². The van der Waals surface area contributed by atoms with E-state index in [-0.39, 0.29) is 5.91 Å². The fourth-order valence-electron chi connectivity index (χ4n) is 2.68. The van der Waals surface area contributed by atoms with Gasteiger partial charge in [0.1, 0.15) is 22.0 Å². The molecule has 0 unspecified atom stereocenters. The molecule has 4 aromatic heterocycles. The van der Waals surface area contributed by atoms with Crippen molar-refractivity contribution < 1.29 is 4.79 Å². The van der Waals surface area contributed by atoms with Crippen molar-refractivity contribution in [2.75, 3.05) is 5.32 Å². The third-order valence-corrected chi connectivity index (χ3v) is 6.05. The van der Waals surface area contributed by atoms with Gasteiger partial charge in [-0.1, -0.05) is 6.07 Å². The molecule has 4 rings (SSSR count). The zero-order valence-corrected chi connectivity index (χ0v) is 16.6. The molecule has 0 aromatic carbocycles. The first kappa shape index (κ1) is 17.5. The van der Waals surface area contributed by atoms with E-state index in [0.29, 0.717) is 22.2 Å². The van der Waals surface area contributed by atoms with Gasteiger partial charge in [-0.15, -0.1) is 22.7 Å². The van der Waals surface area contributed by atoms with Crippen molar-refractivity contribution >= 4 is 34.4 Å². The Balaban J connectivity index is 1.59. The Morgan fingerprint density at radius 3 is 2.74 bits per heavy atom. The van der Waals surface area contributed by atoms with E-state index in [4.69, 9.17) is 0 Å². The van der Waals surface area contributed by atoms with E-state index in [9.17, 15) is 4.79 Å². The van der Waals surface area contributed by atoms with E-state index in [1.165, 1.54) is 17.7 Å². The van der Waals surface area contributed by atoms with Crippen LogP contribution in [0.2, 0.25) is 0 Å². The largest absolute Gasteiger partial charge is 0.306 e. The van der Waals surface area contributed by atoms with Gasteiger partial charge in [0.25, 0.3) is 5.91 Å². The van der Waals surface area contributed by atoms with Gasteiger partial charge in [0.15, 0.2) is 5.82 Å². The minimum absolute atomic E-state index is 0.231. The summed E-state index contributed by atoms with van der Waals surface area (Å²) in [7, 11) is 0. The summed E-state index contributed by atoms with van der Waals surface area (Å²) in [6.07, 6.45) is 1.41. The Morgan fingerprint density at radius 2 is 2.04 bits per heavy atom. The summed E-state index contributed by atoms with van der Waals surface area (Å²) < 4.78 is 1.72. The summed E-state index contributed by atoms with van der Waals surface area (Å²) in [5, 5.41) is 10.1. The Bertz CT molecular complexity index is 1110. The average molecular weight is 397 g/mol. The average Bonchev–Trinajstić information content (AvgIpc) is 3.35. The number of amides is 1. The lowest BCUT2D eigenvalue weighted by atomic mass is 10.3. The van der Waals surface area contributed by atoms with Gasteiger partial charge < -0.3 is 5.32 Å². The van der Waals surface area contributed by atoms with Crippen molar-refractivity contribution in [2.24, 2.45) is 0 Å². The van der Waals surface area contributed by atoms with Gasteiger partial charge in [-0.05, 0) is 38.3 Å². The van der Waals surface area contributed by atoms with E-state index in [0.717, 1.165) is 21.3 Å². The summed E-state index contributed by atoms with van der Waals surface area (Å²) in [5.41, 5.74) is 2.56. The predicted octanol–water partition coefficient (Wildman–Crippen LogP) is 4.02. The molecule has 0 saturated carbocycles. The van der Waals surface area contributed by atoms with E-state index in [1.54, 1.807) is 22.1 Å². The van der Waals surface area contributed by atoms with Gasteiger partial charge in [0.05, 0.1) is 16.3 Å². The van der Waals surface area contributed by atoms with Crippen LogP contribution in [0, 0.1) is 20.8 Å². The third-order valence-electron chi connectivity index (χ3n) is 3.86. The van der Waals surface area contributed by atoms with Gasteiger partial charge in [0, 0.05) is 11.8 Å². The van der Waals surface area contributed by atoms with Gasteiger partial charge in [0.2, 0.25) is 0 Å². The number of nitrogens with zero attached hydrogens (tertiary/aromatic N) is 5. The number of hydrogen-bond acceptors (Lipinski definition) is 7. The topological polar surface area (TPSA) is 85.6 Å². The molecule has 1 amide bonds. The highest BCUT2D eigenvalue weighted by Gasteiger charge is 2.18. The molecule has 0 radical (unpaired) electrons. The lowest BCUT2D eigenvalue weighted by Gasteiger charge is -2.06. The minimum Gasteiger partial charge on any atom is -0.306 e. The molecule has 0 spiro atoms. The molecule has 9 heteroatoms. The van der Waals surface area contributed by atoms with Crippen LogP contribution in [0.4, 0.5) is 5.82 Å². The maximum absolute atomic E-state index is 12.7. The molecule has 0 aliphatic heterocycles. The number of carbonyl (C=O) groups is 1. The van der Waals surface area contributed by atoms with Crippen molar-refractivity contribution in [1.29, 1.82) is 0 Å². The third kappa shape index (κ3) is 3.51. The van der Waals surface area contributed by atoms with Crippen molar-refractivity contribution in [3.8, 4) is 15.7 Å². The molecule has 136 valence electrons. The summed E-state index contributed by atoms with van der Waals surface area (Å²) in [4.78, 5) is 27.3. The van der Waals surface area contributed by atoms with Crippen LogP contribution in [0.25, 0.3) is 15.7 Å². The number of anilines is 1. The monoisotopic (exact) mass is 396 g/mol. The number of thiophene rings is 1. The smallest absolute Gasteiger partial charge is 0.268 e. The second-order valence-electron chi connectivity index (χ2n) is 5.97. The van der Waals surface area contributed by atoms with Crippen LogP contribution in [0.15, 0.2) is 36.0 Å². The second-order valence-corrected chi connectivity index (χ2v) is 7.91. The van der Waals surface area contributed by atoms with Crippen molar-refractivity contribution in [2.45, 2.75) is 20.8 Å². The number of carbonyl (C=O) groups excluding carboxylic acids is 1. The lowest BCUT2D eigenvalue weighted by Crippen LogP contribution is -2.13. The molecule has 4 aromatic rings. The highest BCUT2D eigenvalue weighted by Crippen LogP contribution is 2.31. The molecule has 7 nitrogen and oxygen atoms in total. The Hall–Kier alpha value is -2.91. The molecule has 1 N–H and O–H groups in total. The predicted molar refractivity (Wildman–Crippen MR) is 107 cm³/mol. The second kappa shape index (κ2) is 7.01. The van der Waals surface area contributed by atoms with Crippen LogP contribution in [-0.2, 0) is 0 Å². The molecule has 0 atom stereocenters. The highest BCUT2D eigenvalue weighted by molar-refractivity contribution is 7.22. The van der Waals surface area contributed by atoms with E-state index in [1.807, 2.05) is 44.4 Å². The summed E-state index contributed by atoms with van der Waals surface area (Å²) >= 11 is 2.98. The van der Waals surface area contributed by atoms with Crippen molar-refractivity contribution in [1.82, 2.24) is 24.7 Å². The van der Waals surface area contributed by atoms with Crippen molar-refractivity contribution in [3.05, 3.63) is 57.9 Å². The quantitative estimate of drug-likeness (QED) is 0.563. The van der Waals surface area contributed by atoms with Crippen LogP contribution in [-0.4, -0.2) is 30.6 Å². The molecular formula is C18H16N6OS2. The molecule has 0 saturated heterocycles. The maximum Gasteiger partial charge on any atom is 0.268 e. The molecule has 27 heavy (non-hydrogen) atoms. The number of nitrogens with one attached hydrogen (secondary N) is 1. The molecular weight excluding hydrogens is 380 g/mol. The van der Waals surface area contributed by atoms with Crippen molar-refractivity contribution in [3.63, 3.8) is 0 Å². The zero-order valence-electron chi connectivity index (χ0n) is 14.9. The molecule has 0 aliphatic rings. The molecule has 0 aliphatic carbocycles. The Labute approximate surface area is 163 Å². The van der Waals surface area contributed by atoms with Gasteiger partial charge in [-0.25, -0.2) is 19.6 Å². The first-order chi connectivity index (χ1) is 13.0. The molecule has 0 fully saturated rings. The summed E-state index contributed by atoms with van der Waals surface area (Å²) in [5.74, 6) is 0.792. The SMILES string of the molecule is Cc1cc(C)n(-c2cc(NC(=O)c3sc(-c4cccs4)nc3C)ncn2)n1. The molecule has 4 heterocycles. The summed E-state index contributed by atoms with van der Waals surface area (Å²) in [6.45, 7) is 5.71. The van der Waals surface area contributed by atoms with E-state index in [2.05, 4.69) is 25.4 Å². The van der Waals surface area contributed by atoms with E-state index < -0.39 is 0 Å². The maximum atomic E-state index is 12.7. The van der Waals surface area contributed by atoms with E-state index >= 15 is 0 Å². The van der Waals surface area contributed by atoms with Gasteiger partial charge >= 0.3 is 0 Å². The fourth-order valence-corrected chi connectivity index (χ4v) is 4.44. The van der Waals surface area contributed by atoms with Crippen LogP contribution >= 0.6 is 22.7 Å². The van der Waals surface area contributed by atoms with Crippen LogP contribution in [0.3, 0.4) is 0 Å². The lowest BCUT2D eigenvalue weighted by molar-refractivity contribution is 0.102. The first-order valence-corrected chi connectivity index (χ1v) is 9.89. The number of thiazole rings is 1. The number of aromatic nitrogens is 5. The fraction of sp³-hybridized carbons (Fsp3) is 0.167. The number of hydrogen-bond donors (Lipinski definition) is 1. The van der Waals surface area contributed by atoms with Crippen LogP contribution in [0.5, 0.6) is 0 Å². The Kier molecular flexibility index (Phi) is 4.54. The minimum atomic E-state index is -0.231.